The lowest BCUT2D eigenvalue weighted by atomic mass is 9.88. The second-order valence-corrected chi connectivity index (χ2v) is 5.66. The van der Waals surface area contributed by atoms with Gasteiger partial charge in [-0.05, 0) is 31.0 Å². The molecule has 0 radical (unpaired) electrons. The van der Waals surface area contributed by atoms with E-state index in [2.05, 4.69) is 21.2 Å². The van der Waals surface area contributed by atoms with E-state index < -0.39 is 0 Å². The van der Waals surface area contributed by atoms with Crippen molar-refractivity contribution in [1.29, 1.82) is 0 Å². The van der Waals surface area contributed by atoms with Crippen LogP contribution in [0.4, 0.5) is 0 Å². The van der Waals surface area contributed by atoms with E-state index in [1.807, 2.05) is 32.9 Å². The average molecular weight is 336 g/mol. The molecular formula is C13H20BrClN2O. The normalized spacial score (nSPS) is 13.7. The van der Waals surface area contributed by atoms with Crippen LogP contribution < -0.4 is 11.1 Å². The Morgan fingerprint density at radius 2 is 2.11 bits per heavy atom. The summed E-state index contributed by atoms with van der Waals surface area (Å²) in [5.41, 5.74) is 6.00. The summed E-state index contributed by atoms with van der Waals surface area (Å²) in [5.74, 6) is 0.191. The smallest absolute Gasteiger partial charge is 0.251 e. The molecule has 0 aliphatic rings. The lowest BCUT2D eigenvalue weighted by molar-refractivity contribution is 0.0883. The third kappa shape index (κ3) is 4.26. The zero-order valence-electron chi connectivity index (χ0n) is 10.9. The molecule has 1 rings (SSSR count). The first-order chi connectivity index (χ1) is 7.89. The molecule has 1 unspecified atom stereocenters. The quantitative estimate of drug-likeness (QED) is 0.889. The van der Waals surface area contributed by atoms with Crippen LogP contribution in [-0.2, 0) is 0 Å². The summed E-state index contributed by atoms with van der Waals surface area (Å²) in [6.07, 6.45) is 0. The third-order valence-corrected chi connectivity index (χ3v) is 3.68. The van der Waals surface area contributed by atoms with Crippen molar-refractivity contribution in [2.75, 3.05) is 6.54 Å². The number of carbonyl (C=O) groups excluding carboxylic acids is 1. The molecule has 1 aromatic rings. The minimum absolute atomic E-state index is 0. The summed E-state index contributed by atoms with van der Waals surface area (Å²) < 4.78 is 0.893. The van der Waals surface area contributed by atoms with Crippen LogP contribution >= 0.6 is 28.3 Å². The van der Waals surface area contributed by atoms with Crippen LogP contribution in [0.25, 0.3) is 0 Å². The summed E-state index contributed by atoms with van der Waals surface area (Å²) in [5, 5.41) is 3.00. The topological polar surface area (TPSA) is 55.1 Å². The minimum atomic E-state index is -0.376. The van der Waals surface area contributed by atoms with Gasteiger partial charge in [-0.15, -0.1) is 12.4 Å². The molecule has 3 N–H and O–H groups in total. The van der Waals surface area contributed by atoms with Crippen molar-refractivity contribution in [1.82, 2.24) is 5.32 Å². The monoisotopic (exact) mass is 334 g/mol. The number of halogens is 2. The van der Waals surface area contributed by atoms with Gasteiger partial charge in [0.2, 0.25) is 0 Å². The highest BCUT2D eigenvalue weighted by Gasteiger charge is 2.28. The van der Waals surface area contributed by atoms with E-state index in [-0.39, 0.29) is 29.8 Å². The molecule has 0 bridgehead atoms. The SMILES string of the molecule is CC(C)C(C)(CN)NC(=O)c1cccc(Br)c1.Cl. The maximum Gasteiger partial charge on any atom is 0.251 e. The summed E-state index contributed by atoms with van der Waals surface area (Å²) in [4.78, 5) is 12.1. The molecular weight excluding hydrogens is 316 g/mol. The van der Waals surface area contributed by atoms with Gasteiger partial charge >= 0.3 is 0 Å². The van der Waals surface area contributed by atoms with Crippen molar-refractivity contribution in [2.24, 2.45) is 11.7 Å². The maximum absolute atomic E-state index is 12.1. The van der Waals surface area contributed by atoms with E-state index in [0.717, 1.165) is 4.47 Å². The van der Waals surface area contributed by atoms with E-state index in [4.69, 9.17) is 5.73 Å². The number of amides is 1. The summed E-state index contributed by atoms with van der Waals surface area (Å²) in [6.45, 7) is 6.49. The third-order valence-electron chi connectivity index (χ3n) is 3.18. The van der Waals surface area contributed by atoms with Gasteiger partial charge in [-0.3, -0.25) is 4.79 Å². The van der Waals surface area contributed by atoms with Crippen LogP contribution in [0.2, 0.25) is 0 Å². The Kier molecular flexibility index (Phi) is 6.89. The van der Waals surface area contributed by atoms with Crippen molar-refractivity contribution < 1.29 is 4.79 Å². The molecule has 0 aliphatic carbocycles. The van der Waals surface area contributed by atoms with Crippen LogP contribution in [0.1, 0.15) is 31.1 Å². The Hall–Kier alpha value is -0.580. The van der Waals surface area contributed by atoms with Crippen LogP contribution in [0.15, 0.2) is 28.7 Å². The molecule has 0 saturated carbocycles. The lowest BCUT2D eigenvalue weighted by Crippen LogP contribution is -2.55. The number of rotatable bonds is 4. The van der Waals surface area contributed by atoms with Gasteiger partial charge in [0.05, 0.1) is 5.54 Å². The molecule has 0 saturated heterocycles. The number of hydrogen-bond donors (Lipinski definition) is 2. The molecule has 3 nitrogen and oxygen atoms in total. The summed E-state index contributed by atoms with van der Waals surface area (Å²) in [7, 11) is 0. The van der Waals surface area contributed by atoms with Crippen LogP contribution in [0, 0.1) is 5.92 Å². The van der Waals surface area contributed by atoms with Crippen LogP contribution in [0.5, 0.6) is 0 Å². The van der Waals surface area contributed by atoms with Crippen molar-refractivity contribution in [3.05, 3.63) is 34.3 Å². The highest BCUT2D eigenvalue weighted by molar-refractivity contribution is 9.10. The van der Waals surface area contributed by atoms with Crippen molar-refractivity contribution in [3.63, 3.8) is 0 Å². The number of nitrogens with two attached hydrogens (primary N) is 1. The van der Waals surface area contributed by atoms with E-state index in [0.29, 0.717) is 12.1 Å². The van der Waals surface area contributed by atoms with Crippen LogP contribution in [0.3, 0.4) is 0 Å². The van der Waals surface area contributed by atoms with Crippen molar-refractivity contribution in [3.8, 4) is 0 Å². The second-order valence-electron chi connectivity index (χ2n) is 4.74. The molecule has 102 valence electrons. The highest BCUT2D eigenvalue weighted by atomic mass is 79.9. The first-order valence-electron chi connectivity index (χ1n) is 5.67. The van der Waals surface area contributed by atoms with Gasteiger partial charge in [0.25, 0.3) is 5.91 Å². The predicted molar refractivity (Wildman–Crippen MR) is 81.2 cm³/mol. The predicted octanol–water partition coefficient (Wildman–Crippen LogP) is 2.97. The Bertz CT molecular complexity index is 412. The van der Waals surface area contributed by atoms with E-state index >= 15 is 0 Å². The molecule has 1 atom stereocenters. The number of benzene rings is 1. The average Bonchev–Trinajstić information content (AvgIpc) is 2.28. The van der Waals surface area contributed by atoms with Gasteiger partial charge in [-0.2, -0.15) is 0 Å². The minimum Gasteiger partial charge on any atom is -0.345 e. The van der Waals surface area contributed by atoms with E-state index in [1.54, 1.807) is 12.1 Å². The zero-order chi connectivity index (χ0) is 13.1. The lowest BCUT2D eigenvalue weighted by Gasteiger charge is -2.33. The maximum atomic E-state index is 12.1. The largest absolute Gasteiger partial charge is 0.345 e. The fourth-order valence-corrected chi connectivity index (χ4v) is 1.79. The Balaban J connectivity index is 0.00000289. The molecule has 0 aliphatic heterocycles. The van der Waals surface area contributed by atoms with Gasteiger partial charge in [-0.1, -0.05) is 35.8 Å². The van der Waals surface area contributed by atoms with E-state index in [1.165, 1.54) is 0 Å². The Morgan fingerprint density at radius 3 is 2.56 bits per heavy atom. The van der Waals surface area contributed by atoms with Gasteiger partial charge < -0.3 is 11.1 Å². The molecule has 0 spiro atoms. The van der Waals surface area contributed by atoms with Gasteiger partial charge in [0.1, 0.15) is 0 Å². The zero-order valence-corrected chi connectivity index (χ0v) is 13.3. The molecule has 0 heterocycles. The number of hydrogen-bond acceptors (Lipinski definition) is 2. The van der Waals surface area contributed by atoms with Crippen LogP contribution in [-0.4, -0.2) is 18.0 Å². The highest BCUT2D eigenvalue weighted by Crippen LogP contribution is 2.17. The molecule has 0 fully saturated rings. The number of nitrogens with one attached hydrogen (secondary N) is 1. The van der Waals surface area contributed by atoms with Gasteiger partial charge in [-0.25, -0.2) is 0 Å². The van der Waals surface area contributed by atoms with Gasteiger partial charge in [0, 0.05) is 16.6 Å². The molecule has 1 aromatic carbocycles. The van der Waals surface area contributed by atoms with Crippen molar-refractivity contribution in [2.45, 2.75) is 26.3 Å². The molecule has 5 heteroatoms. The molecule has 0 aromatic heterocycles. The summed E-state index contributed by atoms with van der Waals surface area (Å²) >= 11 is 3.35. The summed E-state index contributed by atoms with van der Waals surface area (Å²) in [6, 6.07) is 7.32. The second kappa shape index (κ2) is 7.12. The first-order valence-corrected chi connectivity index (χ1v) is 6.46. The number of carbonyl (C=O) groups is 1. The van der Waals surface area contributed by atoms with Crippen molar-refractivity contribution >= 4 is 34.2 Å². The molecule has 1 amide bonds. The fourth-order valence-electron chi connectivity index (χ4n) is 1.39. The van der Waals surface area contributed by atoms with Gasteiger partial charge in [0.15, 0.2) is 0 Å². The Morgan fingerprint density at radius 1 is 1.50 bits per heavy atom. The fraction of sp³-hybridized carbons (Fsp3) is 0.462. The molecule has 18 heavy (non-hydrogen) atoms. The standard InChI is InChI=1S/C13H19BrN2O.ClH/c1-9(2)13(3,8-15)16-12(17)10-5-4-6-11(14)7-10;/h4-7,9H,8,15H2,1-3H3,(H,16,17);1H. The first kappa shape index (κ1) is 17.4. The van der Waals surface area contributed by atoms with E-state index in [9.17, 15) is 4.79 Å². The Labute approximate surface area is 123 Å².